The maximum atomic E-state index is 13.0. The lowest BCUT2D eigenvalue weighted by atomic mass is 10.1. The highest BCUT2D eigenvalue weighted by Crippen LogP contribution is 2.34. The highest BCUT2D eigenvalue weighted by atomic mass is 19.4. The molecule has 2 amide bonds. The molecule has 0 aliphatic carbocycles. The zero-order valence-corrected chi connectivity index (χ0v) is 14.9. The normalized spacial score (nSPS) is 13.0. The second-order valence-electron chi connectivity index (χ2n) is 6.11. The first-order valence-electron chi connectivity index (χ1n) is 8.37. The third kappa shape index (κ3) is 4.36. The number of para-hydroxylation sites is 1. The Morgan fingerprint density at radius 1 is 1.07 bits per heavy atom. The molecule has 9 heteroatoms. The number of carbonyl (C=O) groups excluding carboxylic acids is 2. The Morgan fingerprint density at radius 2 is 1.75 bits per heavy atom. The van der Waals surface area contributed by atoms with E-state index < -0.39 is 30.1 Å². The van der Waals surface area contributed by atoms with Crippen molar-refractivity contribution in [2.45, 2.75) is 6.18 Å². The lowest BCUT2D eigenvalue weighted by molar-refractivity contribution is -0.137. The molecule has 0 saturated heterocycles. The predicted octanol–water partition coefficient (Wildman–Crippen LogP) is 3.19. The van der Waals surface area contributed by atoms with Crippen LogP contribution in [0.2, 0.25) is 0 Å². The summed E-state index contributed by atoms with van der Waals surface area (Å²) in [6.45, 7) is 0.362. The van der Waals surface area contributed by atoms with Gasteiger partial charge in [0.1, 0.15) is 13.2 Å². The highest BCUT2D eigenvalue weighted by Gasteiger charge is 2.33. The molecule has 0 radical (unpaired) electrons. The van der Waals surface area contributed by atoms with Gasteiger partial charge in [-0.2, -0.15) is 13.2 Å². The number of hydrogen-bond donors (Lipinski definition) is 1. The minimum atomic E-state index is -4.60. The number of ether oxygens (including phenoxy) is 2. The molecule has 1 aliphatic heterocycles. The maximum absolute atomic E-state index is 13.0. The number of nitrogens with zero attached hydrogens (tertiary/aromatic N) is 1. The number of halogens is 3. The number of rotatable bonds is 4. The molecule has 1 heterocycles. The molecule has 2 aromatic carbocycles. The summed E-state index contributed by atoms with van der Waals surface area (Å²) in [5, 5.41) is 2.21. The average molecular weight is 394 g/mol. The monoisotopic (exact) mass is 394 g/mol. The van der Waals surface area contributed by atoms with Gasteiger partial charge in [0, 0.05) is 12.6 Å². The van der Waals surface area contributed by atoms with Gasteiger partial charge >= 0.3 is 6.18 Å². The van der Waals surface area contributed by atoms with Crippen LogP contribution in [0.4, 0.5) is 18.9 Å². The van der Waals surface area contributed by atoms with Gasteiger partial charge in [-0.05, 0) is 30.3 Å². The molecule has 1 N–H and O–H groups in total. The number of likely N-dealkylation sites (N-methyl/N-ethyl adjacent to an activating group) is 1. The van der Waals surface area contributed by atoms with Crippen LogP contribution < -0.4 is 14.8 Å². The van der Waals surface area contributed by atoms with E-state index in [1.54, 1.807) is 6.07 Å². The first-order valence-corrected chi connectivity index (χ1v) is 8.37. The summed E-state index contributed by atoms with van der Waals surface area (Å²) in [5.41, 5.74) is -1.04. The van der Waals surface area contributed by atoms with E-state index in [0.717, 1.165) is 17.0 Å². The van der Waals surface area contributed by atoms with Gasteiger partial charge in [0.2, 0.25) is 5.91 Å². The summed E-state index contributed by atoms with van der Waals surface area (Å²) in [4.78, 5) is 25.8. The standard InChI is InChI=1S/C19H17F3N2O4/c1-24(18(26)12-6-7-15-16(10-12)28-9-8-27-15)11-17(25)23-14-5-3-2-4-13(14)19(20,21)22/h2-7,10H,8-9,11H2,1H3,(H,23,25). The summed E-state index contributed by atoms with van der Waals surface area (Å²) >= 11 is 0. The van der Waals surface area contributed by atoms with E-state index in [0.29, 0.717) is 24.7 Å². The number of anilines is 1. The molecule has 0 bridgehead atoms. The quantitative estimate of drug-likeness (QED) is 0.865. The van der Waals surface area contributed by atoms with Crippen LogP contribution >= 0.6 is 0 Å². The number of amides is 2. The summed E-state index contributed by atoms with van der Waals surface area (Å²) in [5.74, 6) is -0.276. The number of alkyl halides is 3. The fraction of sp³-hybridized carbons (Fsp3) is 0.263. The SMILES string of the molecule is CN(CC(=O)Nc1ccccc1C(F)(F)F)C(=O)c1ccc2c(c1)OCCO2. The maximum Gasteiger partial charge on any atom is 0.418 e. The van der Waals surface area contributed by atoms with Gasteiger partial charge in [-0.1, -0.05) is 12.1 Å². The smallest absolute Gasteiger partial charge is 0.418 e. The largest absolute Gasteiger partial charge is 0.486 e. The van der Waals surface area contributed by atoms with E-state index >= 15 is 0 Å². The molecule has 0 unspecified atom stereocenters. The number of nitrogens with one attached hydrogen (secondary N) is 1. The van der Waals surface area contributed by atoms with E-state index in [9.17, 15) is 22.8 Å². The van der Waals surface area contributed by atoms with Crippen LogP contribution in [0.3, 0.4) is 0 Å². The zero-order valence-electron chi connectivity index (χ0n) is 14.9. The molecule has 2 aromatic rings. The Kier molecular flexibility index (Phi) is 5.43. The summed E-state index contributed by atoms with van der Waals surface area (Å²) in [6.07, 6.45) is -4.60. The van der Waals surface area contributed by atoms with Crippen molar-refractivity contribution in [2.24, 2.45) is 0 Å². The van der Waals surface area contributed by atoms with Crippen molar-refractivity contribution >= 4 is 17.5 Å². The van der Waals surface area contributed by atoms with Crippen LogP contribution in [-0.4, -0.2) is 43.5 Å². The van der Waals surface area contributed by atoms with Crippen molar-refractivity contribution in [2.75, 3.05) is 32.1 Å². The second-order valence-corrected chi connectivity index (χ2v) is 6.11. The van der Waals surface area contributed by atoms with Gasteiger partial charge in [0.15, 0.2) is 11.5 Å². The molecule has 0 saturated carbocycles. The van der Waals surface area contributed by atoms with E-state index in [2.05, 4.69) is 5.32 Å². The van der Waals surface area contributed by atoms with Crippen molar-refractivity contribution in [3.63, 3.8) is 0 Å². The van der Waals surface area contributed by atoms with E-state index in [1.165, 1.54) is 31.3 Å². The summed E-state index contributed by atoms with van der Waals surface area (Å²) < 4.78 is 49.8. The van der Waals surface area contributed by atoms with Crippen molar-refractivity contribution in [1.29, 1.82) is 0 Å². The molecular formula is C19H17F3N2O4. The Hall–Kier alpha value is -3.23. The van der Waals surface area contributed by atoms with Gasteiger partial charge in [-0.25, -0.2) is 0 Å². The van der Waals surface area contributed by atoms with Crippen molar-refractivity contribution < 1.29 is 32.2 Å². The molecule has 6 nitrogen and oxygen atoms in total. The molecule has 0 aromatic heterocycles. The summed E-state index contributed by atoms with van der Waals surface area (Å²) in [6, 6.07) is 9.27. The lowest BCUT2D eigenvalue weighted by Gasteiger charge is -2.21. The molecule has 0 atom stereocenters. The molecule has 1 aliphatic rings. The fourth-order valence-corrected chi connectivity index (χ4v) is 2.71. The van der Waals surface area contributed by atoms with Crippen LogP contribution in [0.5, 0.6) is 11.5 Å². The molecule has 28 heavy (non-hydrogen) atoms. The van der Waals surface area contributed by atoms with Gasteiger partial charge in [-0.15, -0.1) is 0 Å². The number of benzene rings is 2. The van der Waals surface area contributed by atoms with Crippen molar-refractivity contribution in [1.82, 2.24) is 4.90 Å². The molecule has 0 spiro atoms. The van der Waals surface area contributed by atoms with E-state index in [4.69, 9.17) is 9.47 Å². The third-order valence-electron chi connectivity index (χ3n) is 4.02. The average Bonchev–Trinajstić information content (AvgIpc) is 2.66. The van der Waals surface area contributed by atoms with E-state index in [-0.39, 0.29) is 11.3 Å². The minimum absolute atomic E-state index is 0.273. The highest BCUT2D eigenvalue weighted by molar-refractivity contribution is 5.99. The van der Waals surface area contributed by atoms with Crippen LogP contribution in [0.15, 0.2) is 42.5 Å². The Bertz CT molecular complexity index is 899. The molecule has 148 valence electrons. The lowest BCUT2D eigenvalue weighted by Crippen LogP contribution is -2.35. The Morgan fingerprint density at radius 3 is 2.46 bits per heavy atom. The van der Waals surface area contributed by atoms with Gasteiger partial charge in [0.05, 0.1) is 17.8 Å². The van der Waals surface area contributed by atoms with E-state index in [1.807, 2.05) is 0 Å². The second kappa shape index (κ2) is 7.79. The van der Waals surface area contributed by atoms with Crippen LogP contribution in [0, 0.1) is 0 Å². The number of carbonyl (C=O) groups is 2. The predicted molar refractivity (Wildman–Crippen MR) is 94.5 cm³/mol. The molecule has 3 rings (SSSR count). The van der Waals surface area contributed by atoms with Crippen molar-refractivity contribution in [3.05, 3.63) is 53.6 Å². The van der Waals surface area contributed by atoms with Crippen LogP contribution in [0.25, 0.3) is 0 Å². The number of hydrogen-bond acceptors (Lipinski definition) is 4. The first-order chi connectivity index (χ1) is 13.3. The zero-order chi connectivity index (χ0) is 20.3. The Balaban J connectivity index is 1.67. The van der Waals surface area contributed by atoms with Crippen molar-refractivity contribution in [3.8, 4) is 11.5 Å². The molecule has 0 fully saturated rings. The summed E-state index contributed by atoms with van der Waals surface area (Å²) in [7, 11) is 1.38. The Labute approximate surface area is 158 Å². The van der Waals surface area contributed by atoms with Gasteiger partial charge in [0.25, 0.3) is 5.91 Å². The first kappa shape index (κ1) is 19.5. The van der Waals surface area contributed by atoms with Crippen LogP contribution in [0.1, 0.15) is 15.9 Å². The third-order valence-corrected chi connectivity index (χ3v) is 4.02. The number of fused-ring (bicyclic) bond motifs is 1. The topological polar surface area (TPSA) is 67.9 Å². The molecular weight excluding hydrogens is 377 g/mol. The van der Waals surface area contributed by atoms with Gasteiger partial charge < -0.3 is 19.7 Å². The van der Waals surface area contributed by atoms with Gasteiger partial charge in [-0.3, -0.25) is 9.59 Å². The fourth-order valence-electron chi connectivity index (χ4n) is 2.71. The van der Waals surface area contributed by atoms with Crippen LogP contribution in [-0.2, 0) is 11.0 Å². The minimum Gasteiger partial charge on any atom is -0.486 e.